The summed E-state index contributed by atoms with van der Waals surface area (Å²) in [6.45, 7) is 14.3. The maximum atomic E-state index is 13.0. The molecule has 0 bridgehead atoms. The van der Waals surface area contributed by atoms with Crippen molar-refractivity contribution in [3.8, 4) is 0 Å². The zero-order valence-electron chi connectivity index (χ0n) is 19.2. The molecule has 0 unspecified atom stereocenters. The zero-order chi connectivity index (χ0) is 20.6. The van der Waals surface area contributed by atoms with Gasteiger partial charge in [0.15, 0.2) is 5.84 Å². The van der Waals surface area contributed by atoms with Gasteiger partial charge in [0.2, 0.25) is 0 Å². The third-order valence-electron chi connectivity index (χ3n) is 6.58. The molecule has 2 rings (SSSR count). The predicted molar refractivity (Wildman–Crippen MR) is 120 cm³/mol. The highest BCUT2D eigenvalue weighted by Gasteiger charge is 2.31. The Kier molecular flexibility index (Phi) is 9.30. The van der Waals surface area contributed by atoms with Crippen LogP contribution in [-0.4, -0.2) is 42.3 Å². The van der Waals surface area contributed by atoms with Crippen LogP contribution in [0.3, 0.4) is 0 Å². The van der Waals surface area contributed by atoms with Crippen molar-refractivity contribution in [3.05, 3.63) is 0 Å². The standard InChI is InChI=1S/C24H45N3O/c1-19(2)11-10-16-25-23(28)22(27-17-8-6-7-9-18-27)26-21-14-12-20(13-15-21)24(3,4)5/h19-21H,6-18H2,1-5H3,(H,25,28). The Bertz CT molecular complexity index is 490. The molecule has 1 aliphatic carbocycles. The lowest BCUT2D eigenvalue weighted by molar-refractivity contribution is -0.115. The van der Waals surface area contributed by atoms with Crippen LogP contribution >= 0.6 is 0 Å². The first-order valence-corrected chi connectivity index (χ1v) is 11.9. The lowest BCUT2D eigenvalue weighted by atomic mass is 9.71. The van der Waals surface area contributed by atoms with Crippen molar-refractivity contribution in [1.82, 2.24) is 10.2 Å². The van der Waals surface area contributed by atoms with Gasteiger partial charge in [0, 0.05) is 19.6 Å². The Morgan fingerprint density at radius 1 is 1.04 bits per heavy atom. The van der Waals surface area contributed by atoms with Crippen LogP contribution in [0.4, 0.5) is 0 Å². The fourth-order valence-corrected chi connectivity index (χ4v) is 4.60. The number of nitrogens with zero attached hydrogens (tertiary/aromatic N) is 2. The molecular weight excluding hydrogens is 346 g/mol. The second kappa shape index (κ2) is 11.2. The van der Waals surface area contributed by atoms with Gasteiger partial charge in [-0.05, 0) is 68.6 Å². The van der Waals surface area contributed by atoms with Crippen LogP contribution in [-0.2, 0) is 4.79 Å². The van der Waals surface area contributed by atoms with Gasteiger partial charge >= 0.3 is 0 Å². The summed E-state index contributed by atoms with van der Waals surface area (Å²) in [4.78, 5) is 20.4. The van der Waals surface area contributed by atoms with Crippen molar-refractivity contribution >= 4 is 11.7 Å². The van der Waals surface area contributed by atoms with E-state index in [4.69, 9.17) is 4.99 Å². The van der Waals surface area contributed by atoms with E-state index in [0.717, 1.165) is 57.1 Å². The molecule has 0 aromatic rings. The first-order chi connectivity index (χ1) is 13.3. The minimum Gasteiger partial charge on any atom is -0.352 e. The minimum absolute atomic E-state index is 0.0589. The van der Waals surface area contributed by atoms with Gasteiger partial charge in [0.25, 0.3) is 5.91 Å². The van der Waals surface area contributed by atoms with Crippen LogP contribution in [0.1, 0.15) is 98.8 Å². The van der Waals surface area contributed by atoms with Crippen LogP contribution in [0.5, 0.6) is 0 Å². The Hall–Kier alpha value is -1.06. The molecule has 0 spiro atoms. The van der Waals surface area contributed by atoms with Crippen molar-refractivity contribution in [2.45, 2.75) is 105 Å². The molecule has 1 aliphatic heterocycles. The maximum Gasteiger partial charge on any atom is 0.286 e. The summed E-state index contributed by atoms with van der Waals surface area (Å²) in [5.41, 5.74) is 0.385. The van der Waals surface area contributed by atoms with Gasteiger partial charge in [-0.25, -0.2) is 0 Å². The number of hydrogen-bond acceptors (Lipinski definition) is 2. The van der Waals surface area contributed by atoms with Gasteiger partial charge in [-0.1, -0.05) is 47.5 Å². The summed E-state index contributed by atoms with van der Waals surface area (Å²) >= 11 is 0. The number of amidine groups is 1. The molecule has 162 valence electrons. The third-order valence-corrected chi connectivity index (χ3v) is 6.58. The normalized spacial score (nSPS) is 24.9. The van der Waals surface area contributed by atoms with Crippen molar-refractivity contribution in [2.75, 3.05) is 19.6 Å². The monoisotopic (exact) mass is 391 g/mol. The number of carbonyl (C=O) groups excluding carboxylic acids is 1. The van der Waals surface area contributed by atoms with Crippen molar-refractivity contribution in [3.63, 3.8) is 0 Å². The van der Waals surface area contributed by atoms with Gasteiger partial charge in [-0.2, -0.15) is 0 Å². The van der Waals surface area contributed by atoms with E-state index in [1.807, 2.05) is 0 Å². The molecule has 1 saturated carbocycles. The van der Waals surface area contributed by atoms with Crippen molar-refractivity contribution in [1.29, 1.82) is 0 Å². The molecule has 1 heterocycles. The van der Waals surface area contributed by atoms with Crippen LogP contribution < -0.4 is 5.32 Å². The largest absolute Gasteiger partial charge is 0.352 e. The average molecular weight is 392 g/mol. The molecule has 0 radical (unpaired) electrons. The molecule has 0 aromatic carbocycles. The Labute approximate surface area is 173 Å². The molecule has 0 aromatic heterocycles. The second-order valence-corrected chi connectivity index (χ2v) is 10.5. The molecule has 1 amide bonds. The topological polar surface area (TPSA) is 44.7 Å². The number of hydrogen-bond donors (Lipinski definition) is 1. The lowest BCUT2D eigenvalue weighted by Crippen LogP contribution is -2.45. The Morgan fingerprint density at radius 3 is 2.18 bits per heavy atom. The van der Waals surface area contributed by atoms with E-state index < -0.39 is 0 Å². The van der Waals surface area contributed by atoms with Gasteiger partial charge < -0.3 is 10.2 Å². The van der Waals surface area contributed by atoms with E-state index in [1.165, 1.54) is 38.5 Å². The van der Waals surface area contributed by atoms with Crippen LogP contribution in [0.2, 0.25) is 0 Å². The Balaban J connectivity index is 2.01. The summed E-state index contributed by atoms with van der Waals surface area (Å²) in [6.07, 6.45) is 11.8. The lowest BCUT2D eigenvalue weighted by Gasteiger charge is -2.36. The second-order valence-electron chi connectivity index (χ2n) is 10.5. The summed E-state index contributed by atoms with van der Waals surface area (Å²) < 4.78 is 0. The number of likely N-dealkylation sites (tertiary alicyclic amines) is 1. The van der Waals surface area contributed by atoms with E-state index >= 15 is 0 Å². The predicted octanol–water partition coefficient (Wildman–Crippen LogP) is 5.42. The van der Waals surface area contributed by atoms with E-state index in [-0.39, 0.29) is 5.91 Å². The number of rotatable bonds is 5. The summed E-state index contributed by atoms with van der Waals surface area (Å²) in [5, 5.41) is 3.17. The van der Waals surface area contributed by atoms with E-state index in [0.29, 0.717) is 17.4 Å². The number of carbonyl (C=O) groups is 1. The fraction of sp³-hybridized carbons (Fsp3) is 0.917. The molecular formula is C24H45N3O. The van der Waals surface area contributed by atoms with E-state index in [9.17, 15) is 4.79 Å². The number of aliphatic imine (C=N–C) groups is 1. The van der Waals surface area contributed by atoms with Crippen molar-refractivity contribution < 1.29 is 4.79 Å². The summed E-state index contributed by atoms with van der Waals surface area (Å²) in [6, 6.07) is 0.318. The van der Waals surface area contributed by atoms with E-state index in [2.05, 4.69) is 44.8 Å². The highest BCUT2D eigenvalue weighted by Crippen LogP contribution is 2.38. The molecule has 0 atom stereocenters. The molecule has 4 nitrogen and oxygen atoms in total. The van der Waals surface area contributed by atoms with E-state index in [1.54, 1.807) is 0 Å². The number of amides is 1. The van der Waals surface area contributed by atoms with Crippen LogP contribution in [0.15, 0.2) is 4.99 Å². The summed E-state index contributed by atoms with van der Waals surface area (Å²) in [5.74, 6) is 2.26. The molecule has 2 fully saturated rings. The first kappa shape index (κ1) is 23.2. The quantitative estimate of drug-likeness (QED) is 0.386. The highest BCUT2D eigenvalue weighted by molar-refractivity contribution is 6.37. The molecule has 2 aliphatic rings. The fourth-order valence-electron chi connectivity index (χ4n) is 4.60. The highest BCUT2D eigenvalue weighted by atomic mass is 16.2. The third kappa shape index (κ3) is 7.75. The van der Waals surface area contributed by atoms with Crippen LogP contribution in [0.25, 0.3) is 0 Å². The molecule has 1 N–H and O–H groups in total. The number of nitrogens with one attached hydrogen (secondary N) is 1. The zero-order valence-corrected chi connectivity index (χ0v) is 19.2. The SMILES string of the molecule is CC(C)CCCNC(=O)C(=NC1CCC(C(C)(C)C)CC1)N1CCCCCC1. The average Bonchev–Trinajstić information content (AvgIpc) is 2.92. The van der Waals surface area contributed by atoms with Gasteiger partial charge in [0.05, 0.1) is 6.04 Å². The maximum absolute atomic E-state index is 13.0. The van der Waals surface area contributed by atoms with Gasteiger partial charge in [0.1, 0.15) is 0 Å². The van der Waals surface area contributed by atoms with Crippen molar-refractivity contribution in [2.24, 2.45) is 22.2 Å². The van der Waals surface area contributed by atoms with Gasteiger partial charge in [-0.15, -0.1) is 0 Å². The summed E-state index contributed by atoms with van der Waals surface area (Å²) in [7, 11) is 0. The molecule has 28 heavy (non-hydrogen) atoms. The van der Waals surface area contributed by atoms with Gasteiger partial charge in [-0.3, -0.25) is 9.79 Å². The van der Waals surface area contributed by atoms with Crippen LogP contribution in [0, 0.1) is 17.3 Å². The first-order valence-electron chi connectivity index (χ1n) is 11.9. The Morgan fingerprint density at radius 2 is 1.64 bits per heavy atom. The smallest absolute Gasteiger partial charge is 0.286 e. The molecule has 4 heteroatoms. The molecule has 1 saturated heterocycles. The minimum atomic E-state index is 0.0589.